The molecule has 7 heteroatoms. The van der Waals surface area contributed by atoms with Gasteiger partial charge in [-0.1, -0.05) is 12.1 Å². The average molecular weight is 434 g/mol. The van der Waals surface area contributed by atoms with Crippen LogP contribution in [0.1, 0.15) is 21.5 Å². The SMILES string of the molecule is COc1ccc(NC(=O)COc2ccc(C(=O)Nc3cc(C)ccc3C)cc2OC)cc1. The number of carbonyl (C=O) groups is 2. The molecule has 0 saturated carbocycles. The van der Waals surface area contributed by atoms with Crippen LogP contribution in [-0.2, 0) is 4.79 Å². The van der Waals surface area contributed by atoms with Crippen molar-refractivity contribution >= 4 is 23.2 Å². The minimum absolute atomic E-state index is 0.212. The Labute approximate surface area is 187 Å². The molecule has 2 N–H and O–H groups in total. The number of hydrogen-bond donors (Lipinski definition) is 2. The highest BCUT2D eigenvalue weighted by molar-refractivity contribution is 6.05. The van der Waals surface area contributed by atoms with Gasteiger partial charge in [-0.2, -0.15) is 0 Å². The highest BCUT2D eigenvalue weighted by atomic mass is 16.5. The second-order valence-corrected chi connectivity index (χ2v) is 7.20. The van der Waals surface area contributed by atoms with E-state index in [0.717, 1.165) is 16.8 Å². The molecule has 0 atom stereocenters. The minimum atomic E-state index is -0.325. The fourth-order valence-corrected chi connectivity index (χ4v) is 3.01. The highest BCUT2D eigenvalue weighted by Gasteiger charge is 2.14. The van der Waals surface area contributed by atoms with Crippen molar-refractivity contribution in [1.82, 2.24) is 0 Å². The molecule has 0 fully saturated rings. The lowest BCUT2D eigenvalue weighted by molar-refractivity contribution is -0.118. The van der Waals surface area contributed by atoms with Crippen LogP contribution >= 0.6 is 0 Å². The zero-order valence-corrected chi connectivity index (χ0v) is 18.5. The molecule has 0 heterocycles. The van der Waals surface area contributed by atoms with E-state index >= 15 is 0 Å². The van der Waals surface area contributed by atoms with Crippen LogP contribution in [0.5, 0.6) is 17.2 Å². The third-order valence-corrected chi connectivity index (χ3v) is 4.80. The maximum absolute atomic E-state index is 12.7. The van der Waals surface area contributed by atoms with Crippen molar-refractivity contribution in [3.8, 4) is 17.2 Å². The van der Waals surface area contributed by atoms with Gasteiger partial charge in [0.15, 0.2) is 18.1 Å². The van der Waals surface area contributed by atoms with Crippen LogP contribution in [0.2, 0.25) is 0 Å². The van der Waals surface area contributed by atoms with E-state index in [0.29, 0.717) is 28.5 Å². The van der Waals surface area contributed by atoms with Gasteiger partial charge in [0.25, 0.3) is 11.8 Å². The molecule has 0 radical (unpaired) electrons. The van der Waals surface area contributed by atoms with Crippen molar-refractivity contribution < 1.29 is 23.8 Å². The van der Waals surface area contributed by atoms with Crippen molar-refractivity contribution in [2.24, 2.45) is 0 Å². The summed E-state index contributed by atoms with van der Waals surface area (Å²) in [6, 6.07) is 17.7. The van der Waals surface area contributed by atoms with E-state index in [4.69, 9.17) is 14.2 Å². The lowest BCUT2D eigenvalue weighted by atomic mass is 10.1. The normalized spacial score (nSPS) is 10.2. The molecule has 0 aromatic heterocycles. The second-order valence-electron chi connectivity index (χ2n) is 7.20. The predicted molar refractivity (Wildman–Crippen MR) is 124 cm³/mol. The molecule has 2 amide bonds. The number of ether oxygens (including phenoxy) is 3. The smallest absolute Gasteiger partial charge is 0.262 e. The quantitative estimate of drug-likeness (QED) is 0.542. The summed E-state index contributed by atoms with van der Waals surface area (Å²) in [5.74, 6) is 0.831. The predicted octanol–water partition coefficient (Wildman–Crippen LogP) is 4.59. The molecule has 0 aliphatic carbocycles. The summed E-state index contributed by atoms with van der Waals surface area (Å²) < 4.78 is 16.1. The number of nitrogens with one attached hydrogen (secondary N) is 2. The zero-order chi connectivity index (χ0) is 23.1. The van der Waals surface area contributed by atoms with E-state index in [9.17, 15) is 9.59 Å². The first-order chi connectivity index (χ1) is 15.4. The van der Waals surface area contributed by atoms with Gasteiger partial charge in [0, 0.05) is 16.9 Å². The van der Waals surface area contributed by atoms with E-state index < -0.39 is 0 Å². The summed E-state index contributed by atoms with van der Waals surface area (Å²) >= 11 is 0. The molecule has 0 aliphatic heterocycles. The van der Waals surface area contributed by atoms with E-state index in [1.54, 1.807) is 49.6 Å². The Bertz CT molecular complexity index is 1110. The summed E-state index contributed by atoms with van der Waals surface area (Å²) in [7, 11) is 3.05. The summed E-state index contributed by atoms with van der Waals surface area (Å²) in [4.78, 5) is 24.9. The zero-order valence-electron chi connectivity index (χ0n) is 18.5. The largest absolute Gasteiger partial charge is 0.497 e. The number of amides is 2. The molecule has 0 saturated heterocycles. The molecule has 0 bridgehead atoms. The Morgan fingerprint density at radius 2 is 1.56 bits per heavy atom. The van der Waals surface area contributed by atoms with E-state index in [2.05, 4.69) is 10.6 Å². The lowest BCUT2D eigenvalue weighted by Gasteiger charge is -2.13. The first kappa shape index (κ1) is 22.7. The van der Waals surface area contributed by atoms with Crippen molar-refractivity contribution in [2.75, 3.05) is 31.5 Å². The second kappa shape index (κ2) is 10.3. The Morgan fingerprint density at radius 3 is 2.25 bits per heavy atom. The Morgan fingerprint density at radius 1 is 0.812 bits per heavy atom. The molecule has 32 heavy (non-hydrogen) atoms. The van der Waals surface area contributed by atoms with Crippen LogP contribution in [0, 0.1) is 13.8 Å². The first-order valence-electron chi connectivity index (χ1n) is 10.0. The molecule has 0 unspecified atom stereocenters. The van der Waals surface area contributed by atoms with Crippen molar-refractivity contribution in [3.63, 3.8) is 0 Å². The molecular formula is C25H26N2O5. The average Bonchev–Trinajstić information content (AvgIpc) is 2.80. The summed E-state index contributed by atoms with van der Waals surface area (Å²) in [6.07, 6.45) is 0. The monoisotopic (exact) mass is 434 g/mol. The Balaban J connectivity index is 1.63. The molecule has 3 rings (SSSR count). The molecule has 0 aliphatic rings. The summed E-state index contributed by atoms with van der Waals surface area (Å²) in [5.41, 5.74) is 3.82. The van der Waals surface area contributed by atoms with Gasteiger partial charge in [-0.15, -0.1) is 0 Å². The van der Waals surface area contributed by atoms with Crippen molar-refractivity contribution in [3.05, 3.63) is 77.4 Å². The van der Waals surface area contributed by atoms with Gasteiger partial charge in [-0.25, -0.2) is 0 Å². The van der Waals surface area contributed by atoms with Crippen molar-refractivity contribution in [2.45, 2.75) is 13.8 Å². The van der Waals surface area contributed by atoms with Gasteiger partial charge >= 0.3 is 0 Å². The van der Waals surface area contributed by atoms with Gasteiger partial charge in [0.1, 0.15) is 5.75 Å². The maximum atomic E-state index is 12.7. The van der Waals surface area contributed by atoms with Crippen LogP contribution in [-0.4, -0.2) is 32.6 Å². The number of methoxy groups -OCH3 is 2. The topological polar surface area (TPSA) is 85.9 Å². The highest BCUT2D eigenvalue weighted by Crippen LogP contribution is 2.29. The number of anilines is 2. The third kappa shape index (κ3) is 5.78. The Kier molecular flexibility index (Phi) is 7.33. The van der Waals surface area contributed by atoms with Gasteiger partial charge in [-0.3, -0.25) is 9.59 Å². The van der Waals surface area contributed by atoms with Gasteiger partial charge < -0.3 is 24.8 Å². The lowest BCUT2D eigenvalue weighted by Crippen LogP contribution is -2.20. The van der Waals surface area contributed by atoms with E-state index in [-0.39, 0.29) is 18.4 Å². The fraction of sp³-hybridized carbons (Fsp3) is 0.200. The molecular weight excluding hydrogens is 408 g/mol. The molecule has 166 valence electrons. The minimum Gasteiger partial charge on any atom is -0.497 e. The van der Waals surface area contributed by atoms with E-state index in [1.807, 2.05) is 32.0 Å². The van der Waals surface area contributed by atoms with E-state index in [1.165, 1.54) is 7.11 Å². The van der Waals surface area contributed by atoms with Crippen LogP contribution in [0.4, 0.5) is 11.4 Å². The number of aryl methyl sites for hydroxylation is 2. The molecule has 3 aromatic rings. The summed E-state index contributed by atoms with van der Waals surface area (Å²) in [6.45, 7) is 3.69. The van der Waals surface area contributed by atoms with Gasteiger partial charge in [0.05, 0.1) is 14.2 Å². The number of rotatable bonds is 8. The summed E-state index contributed by atoms with van der Waals surface area (Å²) in [5, 5.41) is 5.66. The van der Waals surface area contributed by atoms with Crippen LogP contribution in [0.15, 0.2) is 60.7 Å². The van der Waals surface area contributed by atoms with Crippen LogP contribution in [0.3, 0.4) is 0 Å². The number of benzene rings is 3. The molecule has 7 nitrogen and oxygen atoms in total. The maximum Gasteiger partial charge on any atom is 0.262 e. The molecule has 3 aromatic carbocycles. The van der Waals surface area contributed by atoms with Gasteiger partial charge in [0.2, 0.25) is 0 Å². The fourth-order valence-electron chi connectivity index (χ4n) is 3.01. The van der Waals surface area contributed by atoms with Gasteiger partial charge in [-0.05, 0) is 73.5 Å². The number of carbonyl (C=O) groups excluding carboxylic acids is 2. The van der Waals surface area contributed by atoms with Crippen LogP contribution < -0.4 is 24.8 Å². The standard InChI is InChI=1S/C25H26N2O5/c1-16-5-6-17(2)21(13-16)27-25(29)18-7-12-22(23(14-18)31-4)32-15-24(28)26-19-8-10-20(30-3)11-9-19/h5-14H,15H2,1-4H3,(H,26,28)(H,27,29). The number of hydrogen-bond acceptors (Lipinski definition) is 5. The van der Waals surface area contributed by atoms with Crippen LogP contribution in [0.25, 0.3) is 0 Å². The Hall–Kier alpha value is -4.00. The third-order valence-electron chi connectivity index (χ3n) is 4.80. The van der Waals surface area contributed by atoms with Crippen molar-refractivity contribution in [1.29, 1.82) is 0 Å². The molecule has 0 spiro atoms. The first-order valence-corrected chi connectivity index (χ1v) is 10.0.